The van der Waals surface area contributed by atoms with Crippen molar-refractivity contribution >= 4 is 12.1 Å². The van der Waals surface area contributed by atoms with Crippen LogP contribution in [0.2, 0.25) is 0 Å². The molecule has 5 nitrogen and oxygen atoms in total. The van der Waals surface area contributed by atoms with E-state index in [1.54, 1.807) is 20.8 Å². The molecular weight excluding hydrogens is 445 g/mol. The Hall–Kier alpha value is -3.67. The lowest BCUT2D eigenvalue weighted by molar-refractivity contribution is -0.143. The molecule has 0 spiro atoms. The first-order valence-electron chi connectivity index (χ1n) is 11.6. The number of carbonyl (C=O) groups excluding carboxylic acids is 2. The van der Waals surface area contributed by atoms with Gasteiger partial charge in [-0.3, -0.25) is 0 Å². The van der Waals surface area contributed by atoms with Crippen molar-refractivity contribution in [2.24, 2.45) is 0 Å². The summed E-state index contributed by atoms with van der Waals surface area (Å²) in [5.41, 5.74) is 4.79. The normalized spacial score (nSPS) is 12.0. The van der Waals surface area contributed by atoms with Gasteiger partial charge in [0.25, 0.3) is 0 Å². The maximum absolute atomic E-state index is 13.2. The lowest BCUT2D eigenvalue weighted by Gasteiger charge is -2.22. The molecule has 0 fully saturated rings. The third-order valence-electron chi connectivity index (χ3n) is 5.46. The largest absolute Gasteiger partial charge is 0.467 e. The van der Waals surface area contributed by atoms with Crippen LogP contribution in [0.15, 0.2) is 72.8 Å². The Morgan fingerprint density at radius 3 is 1.80 bits per heavy atom. The van der Waals surface area contributed by atoms with Gasteiger partial charge in [-0.25, -0.2) is 14.0 Å². The van der Waals surface area contributed by atoms with Crippen LogP contribution in [0.25, 0.3) is 0 Å². The molecule has 3 aromatic carbocycles. The highest BCUT2D eigenvalue weighted by Crippen LogP contribution is 2.19. The number of benzene rings is 3. The van der Waals surface area contributed by atoms with Crippen LogP contribution in [0.3, 0.4) is 0 Å². The molecular formula is C29H32FNO4. The number of carbonyl (C=O) groups is 2. The molecule has 0 aliphatic rings. The van der Waals surface area contributed by atoms with Crippen molar-refractivity contribution in [2.45, 2.75) is 51.7 Å². The molecule has 0 aliphatic carbocycles. The predicted molar refractivity (Wildman–Crippen MR) is 134 cm³/mol. The molecule has 0 radical (unpaired) electrons. The number of amides is 1. The van der Waals surface area contributed by atoms with E-state index in [2.05, 4.69) is 17.4 Å². The van der Waals surface area contributed by atoms with Crippen molar-refractivity contribution in [3.8, 4) is 0 Å². The van der Waals surface area contributed by atoms with Crippen LogP contribution in [0.4, 0.5) is 9.18 Å². The van der Waals surface area contributed by atoms with Gasteiger partial charge in [0.1, 0.15) is 17.5 Å². The van der Waals surface area contributed by atoms with E-state index in [-0.39, 0.29) is 12.2 Å². The summed E-state index contributed by atoms with van der Waals surface area (Å²) in [6.45, 7) is 5.28. The lowest BCUT2D eigenvalue weighted by Crippen LogP contribution is -2.45. The van der Waals surface area contributed by atoms with Gasteiger partial charge in [0.05, 0.1) is 7.11 Å². The maximum Gasteiger partial charge on any atom is 0.408 e. The van der Waals surface area contributed by atoms with Crippen molar-refractivity contribution in [1.29, 1.82) is 0 Å². The molecule has 184 valence electrons. The van der Waals surface area contributed by atoms with E-state index >= 15 is 0 Å². The second-order valence-corrected chi connectivity index (χ2v) is 9.49. The summed E-state index contributed by atoms with van der Waals surface area (Å²) >= 11 is 0. The lowest BCUT2D eigenvalue weighted by atomic mass is 9.94. The van der Waals surface area contributed by atoms with Crippen LogP contribution in [0.1, 0.15) is 48.6 Å². The fraction of sp³-hybridized carbons (Fsp3) is 0.310. The smallest absolute Gasteiger partial charge is 0.408 e. The minimum Gasteiger partial charge on any atom is -0.467 e. The molecule has 0 aromatic heterocycles. The summed E-state index contributed by atoms with van der Waals surface area (Å²) < 4.78 is 23.4. The zero-order chi connectivity index (χ0) is 25.4. The standard InChI is InChI=1S/C29H32FNO4/c1-29(2,3)35-28(33)31-26(27(32)34-4)19-22-11-9-20(10-12-22)17-23-7-5-6-8-24(23)18-21-13-15-25(30)16-14-21/h5-16,26H,17-19H2,1-4H3,(H,31,33). The Morgan fingerprint density at radius 2 is 1.31 bits per heavy atom. The zero-order valence-corrected chi connectivity index (χ0v) is 20.6. The number of alkyl carbamates (subject to hydrolysis) is 1. The quantitative estimate of drug-likeness (QED) is 0.428. The number of ether oxygens (including phenoxy) is 2. The van der Waals surface area contributed by atoms with Crippen molar-refractivity contribution < 1.29 is 23.5 Å². The number of methoxy groups -OCH3 is 1. The third-order valence-corrected chi connectivity index (χ3v) is 5.46. The molecule has 0 bridgehead atoms. The fourth-order valence-corrected chi connectivity index (χ4v) is 3.76. The van der Waals surface area contributed by atoms with E-state index in [0.29, 0.717) is 0 Å². The molecule has 1 unspecified atom stereocenters. The van der Waals surface area contributed by atoms with Crippen LogP contribution in [0, 0.1) is 5.82 Å². The topological polar surface area (TPSA) is 64.6 Å². The van der Waals surface area contributed by atoms with Gasteiger partial charge in [-0.15, -0.1) is 0 Å². The van der Waals surface area contributed by atoms with Gasteiger partial charge in [0, 0.05) is 6.42 Å². The van der Waals surface area contributed by atoms with E-state index in [0.717, 1.165) is 29.5 Å². The highest BCUT2D eigenvalue weighted by molar-refractivity contribution is 5.81. The molecule has 1 amide bonds. The summed E-state index contributed by atoms with van der Waals surface area (Å²) in [7, 11) is 1.29. The SMILES string of the molecule is COC(=O)C(Cc1ccc(Cc2ccccc2Cc2ccc(F)cc2)cc1)NC(=O)OC(C)(C)C. The maximum atomic E-state index is 13.2. The summed E-state index contributed by atoms with van der Waals surface area (Å²) in [6, 6.07) is 21.9. The molecule has 0 aliphatic heterocycles. The number of esters is 1. The Bertz CT molecular complexity index is 1130. The van der Waals surface area contributed by atoms with E-state index in [1.165, 1.54) is 30.4 Å². The predicted octanol–water partition coefficient (Wildman–Crippen LogP) is 5.62. The van der Waals surface area contributed by atoms with Gasteiger partial charge >= 0.3 is 12.1 Å². The number of hydrogen-bond acceptors (Lipinski definition) is 4. The molecule has 1 atom stereocenters. The van der Waals surface area contributed by atoms with E-state index < -0.39 is 23.7 Å². The minimum atomic E-state index is -0.850. The van der Waals surface area contributed by atoms with Crippen LogP contribution < -0.4 is 5.32 Å². The Balaban J connectivity index is 1.68. The van der Waals surface area contributed by atoms with Crippen LogP contribution in [-0.2, 0) is 33.5 Å². The highest BCUT2D eigenvalue weighted by atomic mass is 19.1. The van der Waals surface area contributed by atoms with Gasteiger partial charge in [-0.05, 0) is 73.6 Å². The van der Waals surface area contributed by atoms with Gasteiger partial charge < -0.3 is 14.8 Å². The second kappa shape index (κ2) is 11.6. The second-order valence-electron chi connectivity index (χ2n) is 9.49. The number of rotatable bonds is 8. The Kier molecular flexibility index (Phi) is 8.63. The average molecular weight is 478 g/mol. The summed E-state index contributed by atoms with van der Waals surface area (Å²) in [6.07, 6.45) is 1.09. The zero-order valence-electron chi connectivity index (χ0n) is 20.6. The summed E-state index contributed by atoms with van der Waals surface area (Å²) in [5.74, 6) is -0.771. The van der Waals surface area contributed by atoms with Crippen molar-refractivity contribution in [1.82, 2.24) is 5.32 Å². The Labute approximate surface area is 206 Å². The van der Waals surface area contributed by atoms with Gasteiger partial charge in [-0.2, -0.15) is 0 Å². The molecule has 0 saturated heterocycles. The Morgan fingerprint density at radius 1 is 0.829 bits per heavy atom. The first kappa shape index (κ1) is 25.9. The van der Waals surface area contributed by atoms with Crippen LogP contribution in [0.5, 0.6) is 0 Å². The number of nitrogens with one attached hydrogen (secondary N) is 1. The van der Waals surface area contributed by atoms with Crippen LogP contribution >= 0.6 is 0 Å². The monoisotopic (exact) mass is 477 g/mol. The third kappa shape index (κ3) is 8.25. The van der Waals surface area contributed by atoms with E-state index in [1.807, 2.05) is 48.5 Å². The first-order valence-corrected chi connectivity index (χ1v) is 11.6. The summed E-state index contributed by atoms with van der Waals surface area (Å²) in [4.78, 5) is 24.4. The van der Waals surface area contributed by atoms with Crippen molar-refractivity contribution in [3.63, 3.8) is 0 Å². The molecule has 6 heteroatoms. The molecule has 1 N–H and O–H groups in total. The molecule has 35 heavy (non-hydrogen) atoms. The number of halogens is 1. The van der Waals surface area contributed by atoms with E-state index in [4.69, 9.17) is 9.47 Å². The number of hydrogen-bond donors (Lipinski definition) is 1. The van der Waals surface area contributed by atoms with Crippen LogP contribution in [-0.4, -0.2) is 30.8 Å². The van der Waals surface area contributed by atoms with Gasteiger partial charge in [0.15, 0.2) is 0 Å². The fourth-order valence-electron chi connectivity index (χ4n) is 3.76. The molecule has 0 saturated carbocycles. The first-order chi connectivity index (χ1) is 16.6. The van der Waals surface area contributed by atoms with E-state index in [9.17, 15) is 14.0 Å². The van der Waals surface area contributed by atoms with Gasteiger partial charge in [-0.1, -0.05) is 60.7 Å². The highest BCUT2D eigenvalue weighted by Gasteiger charge is 2.25. The van der Waals surface area contributed by atoms with Gasteiger partial charge in [0.2, 0.25) is 0 Å². The molecule has 3 rings (SSSR count). The molecule has 0 heterocycles. The average Bonchev–Trinajstić information content (AvgIpc) is 2.81. The minimum absolute atomic E-state index is 0.238. The van der Waals surface area contributed by atoms with Crippen molar-refractivity contribution in [2.75, 3.05) is 7.11 Å². The van der Waals surface area contributed by atoms with Crippen molar-refractivity contribution in [3.05, 3.63) is 106 Å². The molecule has 3 aromatic rings. The summed E-state index contributed by atoms with van der Waals surface area (Å²) in [5, 5.41) is 2.60.